The van der Waals surface area contributed by atoms with Crippen molar-refractivity contribution in [3.05, 3.63) is 80.7 Å². The Hall–Kier alpha value is -3.54. The molecule has 0 amide bonds. The van der Waals surface area contributed by atoms with Gasteiger partial charge in [0.2, 0.25) is 0 Å². The van der Waals surface area contributed by atoms with E-state index in [0.717, 1.165) is 29.7 Å². The summed E-state index contributed by atoms with van der Waals surface area (Å²) in [5, 5.41) is 3.29. The number of esters is 1. The number of ketones is 1. The van der Waals surface area contributed by atoms with Crippen molar-refractivity contribution in [3.63, 3.8) is 0 Å². The summed E-state index contributed by atoms with van der Waals surface area (Å²) in [6.45, 7) is 8.53. The van der Waals surface area contributed by atoms with Crippen LogP contribution >= 0.6 is 0 Å². The molecule has 6 nitrogen and oxygen atoms in total. The fourth-order valence-corrected chi connectivity index (χ4v) is 5.27. The summed E-state index contributed by atoms with van der Waals surface area (Å²) in [7, 11) is 2.95. The van der Waals surface area contributed by atoms with Crippen molar-refractivity contribution >= 4 is 11.8 Å². The van der Waals surface area contributed by atoms with Crippen LogP contribution in [0.25, 0.3) is 0 Å². The van der Waals surface area contributed by atoms with Crippen molar-refractivity contribution in [3.8, 4) is 11.5 Å². The summed E-state index contributed by atoms with van der Waals surface area (Å²) in [6, 6.07) is 9.93. The lowest BCUT2D eigenvalue weighted by Crippen LogP contribution is -2.34. The lowest BCUT2D eigenvalue weighted by atomic mass is 9.75. The third-order valence-corrected chi connectivity index (χ3v) is 6.91. The van der Waals surface area contributed by atoms with Gasteiger partial charge < -0.3 is 19.5 Å². The maximum absolute atomic E-state index is 13.0. The minimum atomic E-state index is -0.518. The van der Waals surface area contributed by atoms with Crippen LogP contribution in [0.4, 0.5) is 0 Å². The quantitative estimate of drug-likeness (QED) is 0.569. The molecule has 0 spiro atoms. The minimum absolute atomic E-state index is 0.0577. The zero-order valence-electron chi connectivity index (χ0n) is 21.3. The van der Waals surface area contributed by atoms with E-state index in [1.807, 2.05) is 25.1 Å². The molecular formula is C29H33NO5. The SMILES string of the molecule is COC(=O)C1=C(C)NC2=C(C(=O)CCC2)[C@H]1c1ccc(OCc2c(C)cc(C)cc2C)c(OC)c1. The number of carbonyl (C=O) groups is 2. The monoisotopic (exact) mass is 475 g/mol. The number of Topliss-reactive ketones (excluding diaryl/α,β-unsaturated/α-hetero) is 1. The highest BCUT2D eigenvalue weighted by molar-refractivity contribution is 6.03. The number of carbonyl (C=O) groups excluding carboxylic acids is 2. The van der Waals surface area contributed by atoms with E-state index in [1.165, 1.54) is 23.8 Å². The topological polar surface area (TPSA) is 73.9 Å². The summed E-state index contributed by atoms with van der Waals surface area (Å²) in [5.41, 5.74) is 8.23. The molecule has 2 aromatic rings. The summed E-state index contributed by atoms with van der Waals surface area (Å²) in [4.78, 5) is 25.8. The summed E-state index contributed by atoms with van der Waals surface area (Å²) >= 11 is 0. The molecule has 0 saturated heterocycles. The average molecular weight is 476 g/mol. The van der Waals surface area contributed by atoms with Crippen molar-refractivity contribution < 1.29 is 23.8 Å². The zero-order valence-corrected chi connectivity index (χ0v) is 21.3. The number of rotatable bonds is 6. The predicted molar refractivity (Wildman–Crippen MR) is 134 cm³/mol. The largest absolute Gasteiger partial charge is 0.493 e. The van der Waals surface area contributed by atoms with Gasteiger partial charge in [-0.25, -0.2) is 4.79 Å². The number of ether oxygens (including phenoxy) is 3. The molecule has 2 aromatic carbocycles. The van der Waals surface area contributed by atoms with E-state index in [9.17, 15) is 9.59 Å². The first-order valence-corrected chi connectivity index (χ1v) is 11.9. The van der Waals surface area contributed by atoms with Crippen molar-refractivity contribution in [1.29, 1.82) is 0 Å². The van der Waals surface area contributed by atoms with E-state index in [0.29, 0.717) is 41.4 Å². The molecule has 0 fully saturated rings. The number of hydrogen-bond donors (Lipinski definition) is 1. The Labute approximate surface area is 207 Å². The molecule has 1 atom stereocenters. The summed E-state index contributed by atoms with van der Waals surface area (Å²) in [5.74, 6) is 0.248. The Morgan fingerprint density at radius 2 is 1.71 bits per heavy atom. The third-order valence-electron chi connectivity index (χ3n) is 6.91. The Bertz CT molecular complexity index is 1230. The van der Waals surface area contributed by atoms with Gasteiger partial charge in [0.1, 0.15) is 6.61 Å². The van der Waals surface area contributed by atoms with Gasteiger partial charge in [0.05, 0.1) is 19.8 Å². The standard InChI is InChI=1S/C29H33NO5/c1-16-12-17(2)21(18(3)13-16)15-35-24-11-10-20(14-25(24)33-5)27-26(29(32)34-6)19(4)30-22-8-7-9-23(31)28(22)27/h10-14,27,30H,7-9,15H2,1-6H3/t27-/m0/s1. The Balaban J connectivity index is 1.72. The van der Waals surface area contributed by atoms with E-state index in [4.69, 9.17) is 14.2 Å². The Morgan fingerprint density at radius 3 is 2.37 bits per heavy atom. The highest BCUT2D eigenvalue weighted by atomic mass is 16.5. The van der Waals surface area contributed by atoms with Crippen LogP contribution in [0.5, 0.6) is 11.5 Å². The van der Waals surface area contributed by atoms with Crippen LogP contribution in [0.3, 0.4) is 0 Å². The molecule has 0 unspecified atom stereocenters. The first-order chi connectivity index (χ1) is 16.7. The third kappa shape index (κ3) is 4.70. The van der Waals surface area contributed by atoms with Gasteiger partial charge in [0, 0.05) is 29.3 Å². The van der Waals surface area contributed by atoms with Crippen LogP contribution in [-0.2, 0) is 20.9 Å². The van der Waals surface area contributed by atoms with Crippen LogP contribution in [0.1, 0.15) is 59.9 Å². The molecule has 4 rings (SSSR count). The minimum Gasteiger partial charge on any atom is -0.493 e. The predicted octanol–water partition coefficient (Wildman–Crippen LogP) is 5.34. The van der Waals surface area contributed by atoms with Gasteiger partial charge in [-0.05, 0) is 74.9 Å². The van der Waals surface area contributed by atoms with Gasteiger partial charge in [-0.15, -0.1) is 0 Å². The fraction of sp³-hybridized carbons (Fsp3) is 0.379. The van der Waals surface area contributed by atoms with Gasteiger partial charge in [0.15, 0.2) is 17.3 Å². The second-order valence-corrected chi connectivity index (χ2v) is 9.33. The van der Waals surface area contributed by atoms with Crippen LogP contribution in [-0.4, -0.2) is 26.0 Å². The molecule has 0 radical (unpaired) electrons. The van der Waals surface area contributed by atoms with E-state index < -0.39 is 11.9 Å². The van der Waals surface area contributed by atoms with Crippen molar-refractivity contribution in [2.24, 2.45) is 0 Å². The molecule has 1 aliphatic heterocycles. The molecule has 1 aliphatic carbocycles. The molecule has 184 valence electrons. The molecule has 1 N–H and O–H groups in total. The summed E-state index contributed by atoms with van der Waals surface area (Å²) < 4.78 is 17.0. The smallest absolute Gasteiger partial charge is 0.336 e. The van der Waals surface area contributed by atoms with E-state index in [-0.39, 0.29) is 5.78 Å². The molecule has 0 bridgehead atoms. The number of nitrogens with one attached hydrogen (secondary N) is 1. The molecule has 35 heavy (non-hydrogen) atoms. The molecule has 1 heterocycles. The number of methoxy groups -OCH3 is 2. The lowest BCUT2D eigenvalue weighted by molar-refractivity contribution is -0.136. The lowest BCUT2D eigenvalue weighted by Gasteiger charge is -2.34. The van der Waals surface area contributed by atoms with Crippen LogP contribution in [0, 0.1) is 20.8 Å². The number of benzene rings is 2. The number of aryl methyl sites for hydroxylation is 3. The number of hydrogen-bond acceptors (Lipinski definition) is 6. The Morgan fingerprint density at radius 1 is 1.00 bits per heavy atom. The van der Waals surface area contributed by atoms with Crippen LogP contribution in [0.2, 0.25) is 0 Å². The summed E-state index contributed by atoms with van der Waals surface area (Å²) in [6.07, 6.45) is 2.04. The number of dihydropyridines is 1. The first-order valence-electron chi connectivity index (χ1n) is 11.9. The zero-order chi connectivity index (χ0) is 25.3. The highest BCUT2D eigenvalue weighted by Gasteiger charge is 2.39. The molecule has 2 aliphatic rings. The van der Waals surface area contributed by atoms with Crippen molar-refractivity contribution in [2.45, 2.75) is 59.5 Å². The van der Waals surface area contributed by atoms with Gasteiger partial charge in [-0.2, -0.15) is 0 Å². The van der Waals surface area contributed by atoms with Crippen LogP contribution in [0.15, 0.2) is 52.9 Å². The highest BCUT2D eigenvalue weighted by Crippen LogP contribution is 2.44. The van der Waals surface area contributed by atoms with E-state index in [2.05, 4.69) is 38.2 Å². The molecule has 0 saturated carbocycles. The van der Waals surface area contributed by atoms with E-state index in [1.54, 1.807) is 7.11 Å². The maximum atomic E-state index is 13.0. The van der Waals surface area contributed by atoms with Crippen molar-refractivity contribution in [1.82, 2.24) is 5.32 Å². The van der Waals surface area contributed by atoms with Gasteiger partial charge in [-0.3, -0.25) is 4.79 Å². The fourth-order valence-electron chi connectivity index (χ4n) is 5.27. The number of allylic oxidation sites excluding steroid dienone is 3. The van der Waals surface area contributed by atoms with Crippen LogP contribution < -0.4 is 14.8 Å². The molecular weight excluding hydrogens is 442 g/mol. The van der Waals surface area contributed by atoms with Gasteiger partial charge in [0.25, 0.3) is 0 Å². The average Bonchev–Trinajstić information content (AvgIpc) is 2.82. The van der Waals surface area contributed by atoms with E-state index >= 15 is 0 Å². The molecule has 6 heteroatoms. The Kier molecular flexibility index (Phi) is 7.01. The first kappa shape index (κ1) is 24.6. The maximum Gasteiger partial charge on any atom is 0.336 e. The van der Waals surface area contributed by atoms with Crippen molar-refractivity contribution in [2.75, 3.05) is 14.2 Å². The second-order valence-electron chi connectivity index (χ2n) is 9.33. The normalized spacial score (nSPS) is 17.7. The second kappa shape index (κ2) is 9.98. The molecule has 0 aromatic heterocycles. The van der Waals surface area contributed by atoms with Gasteiger partial charge >= 0.3 is 5.97 Å². The van der Waals surface area contributed by atoms with Gasteiger partial charge in [-0.1, -0.05) is 23.8 Å².